The number of H-pyrrole nitrogens is 1. The Hall–Kier alpha value is -2.84. The number of rotatable bonds is 0. The topological polar surface area (TPSA) is 101 Å². The van der Waals surface area contributed by atoms with Gasteiger partial charge in [0.1, 0.15) is 6.10 Å². The molecular formula is C19H24FN5O3. The highest BCUT2D eigenvalue weighted by Gasteiger charge is 2.30. The van der Waals surface area contributed by atoms with E-state index in [4.69, 9.17) is 9.47 Å². The Bertz CT molecular complexity index is 843. The maximum atomic E-state index is 13.8. The van der Waals surface area contributed by atoms with Crippen LogP contribution in [0.3, 0.4) is 0 Å². The minimum atomic E-state index is -0.624. The number of aromatic nitrogens is 3. The summed E-state index contributed by atoms with van der Waals surface area (Å²) < 4.78 is 25.0. The molecule has 8 nitrogen and oxygen atoms in total. The number of pyridine rings is 1. The van der Waals surface area contributed by atoms with E-state index in [0.717, 1.165) is 31.4 Å². The molecule has 0 radical (unpaired) electrons. The first-order valence-corrected chi connectivity index (χ1v) is 9.65. The maximum absolute atomic E-state index is 13.8. The number of aromatic amines is 1. The van der Waals surface area contributed by atoms with Gasteiger partial charge in [-0.1, -0.05) is 0 Å². The van der Waals surface area contributed by atoms with Crippen LogP contribution in [0.25, 0.3) is 0 Å². The summed E-state index contributed by atoms with van der Waals surface area (Å²) in [7, 11) is 0. The molecule has 1 aliphatic heterocycles. The van der Waals surface area contributed by atoms with Crippen LogP contribution in [-0.2, 0) is 4.74 Å². The molecule has 6 bridgehead atoms. The number of ether oxygens (including phenoxy) is 2. The third-order valence-corrected chi connectivity index (χ3v) is 5.13. The van der Waals surface area contributed by atoms with Gasteiger partial charge in [-0.25, -0.2) is 4.79 Å². The van der Waals surface area contributed by atoms with Gasteiger partial charge < -0.3 is 20.1 Å². The SMILES string of the molecule is C[C@H]1CCCOc2cc(cc(F)n2)Nc2cc([nH]n2)[C@H]2CC[C@H](C2)OC(=O)N1. The fraction of sp³-hybridized carbons (Fsp3) is 0.526. The Kier molecular flexibility index (Phi) is 5.31. The zero-order chi connectivity index (χ0) is 19.5. The molecule has 1 saturated carbocycles. The number of amides is 1. The van der Waals surface area contributed by atoms with Crippen LogP contribution in [0.2, 0.25) is 0 Å². The summed E-state index contributed by atoms with van der Waals surface area (Å²) in [5, 5.41) is 13.2. The van der Waals surface area contributed by atoms with E-state index in [1.54, 1.807) is 6.07 Å². The summed E-state index contributed by atoms with van der Waals surface area (Å²) in [6.45, 7) is 2.29. The number of anilines is 2. The lowest BCUT2D eigenvalue weighted by molar-refractivity contribution is 0.0969. The second-order valence-electron chi connectivity index (χ2n) is 7.42. The Labute approximate surface area is 162 Å². The molecule has 4 rings (SSSR count). The second-order valence-corrected chi connectivity index (χ2v) is 7.42. The van der Waals surface area contributed by atoms with Crippen LogP contribution in [0, 0.1) is 5.95 Å². The van der Waals surface area contributed by atoms with Gasteiger partial charge in [0.05, 0.1) is 6.61 Å². The molecule has 1 amide bonds. The van der Waals surface area contributed by atoms with Crippen molar-refractivity contribution in [1.29, 1.82) is 0 Å². The van der Waals surface area contributed by atoms with E-state index in [1.807, 2.05) is 13.0 Å². The van der Waals surface area contributed by atoms with Crippen molar-refractivity contribution in [2.45, 2.75) is 57.1 Å². The van der Waals surface area contributed by atoms with E-state index >= 15 is 0 Å². The van der Waals surface area contributed by atoms with Crippen LogP contribution in [-0.4, -0.2) is 40.0 Å². The van der Waals surface area contributed by atoms with Crippen LogP contribution in [0.15, 0.2) is 18.2 Å². The molecule has 150 valence electrons. The number of fused-ring (bicyclic) bond motifs is 7. The third-order valence-electron chi connectivity index (χ3n) is 5.13. The lowest BCUT2D eigenvalue weighted by Crippen LogP contribution is -2.35. The first kappa shape index (κ1) is 18.5. The molecule has 3 N–H and O–H groups in total. The van der Waals surface area contributed by atoms with Crippen molar-refractivity contribution in [2.24, 2.45) is 0 Å². The Morgan fingerprint density at radius 1 is 1.21 bits per heavy atom. The minimum absolute atomic E-state index is 0.0416. The van der Waals surface area contributed by atoms with Gasteiger partial charge in [-0.15, -0.1) is 0 Å². The summed E-state index contributed by atoms with van der Waals surface area (Å²) in [6.07, 6.45) is 3.41. The summed E-state index contributed by atoms with van der Waals surface area (Å²) >= 11 is 0. The Morgan fingerprint density at radius 3 is 3.00 bits per heavy atom. The Balaban J connectivity index is 1.55. The molecule has 0 saturated heterocycles. The number of halogens is 1. The zero-order valence-corrected chi connectivity index (χ0v) is 15.7. The van der Waals surface area contributed by atoms with Gasteiger partial charge in [0.15, 0.2) is 5.82 Å². The number of hydrogen-bond donors (Lipinski definition) is 3. The second kappa shape index (κ2) is 8.04. The summed E-state index contributed by atoms with van der Waals surface area (Å²) in [5.74, 6) is 0.411. The van der Waals surface area contributed by atoms with Gasteiger partial charge in [-0.05, 0) is 39.0 Å². The third kappa shape index (κ3) is 4.52. The molecule has 3 heterocycles. The van der Waals surface area contributed by atoms with Crippen molar-refractivity contribution < 1.29 is 18.7 Å². The van der Waals surface area contributed by atoms with Crippen molar-refractivity contribution in [1.82, 2.24) is 20.5 Å². The van der Waals surface area contributed by atoms with Gasteiger partial charge in [0.25, 0.3) is 0 Å². The fourth-order valence-corrected chi connectivity index (χ4v) is 3.73. The molecule has 1 fully saturated rings. The van der Waals surface area contributed by atoms with Gasteiger partial charge in [0.2, 0.25) is 11.8 Å². The summed E-state index contributed by atoms with van der Waals surface area (Å²) in [6, 6.07) is 4.80. The zero-order valence-electron chi connectivity index (χ0n) is 15.7. The summed E-state index contributed by atoms with van der Waals surface area (Å²) in [5.41, 5.74) is 1.49. The van der Waals surface area contributed by atoms with Crippen molar-refractivity contribution >= 4 is 17.6 Å². The van der Waals surface area contributed by atoms with E-state index < -0.39 is 5.95 Å². The first-order valence-electron chi connectivity index (χ1n) is 9.65. The molecule has 1 aliphatic carbocycles. The van der Waals surface area contributed by atoms with E-state index in [1.165, 1.54) is 6.07 Å². The quantitative estimate of drug-likeness (QED) is 0.595. The van der Waals surface area contributed by atoms with Crippen LogP contribution in [0.4, 0.5) is 20.7 Å². The number of nitrogens with one attached hydrogen (secondary N) is 3. The van der Waals surface area contributed by atoms with Crippen molar-refractivity contribution in [2.75, 3.05) is 11.9 Å². The van der Waals surface area contributed by atoms with Crippen LogP contribution >= 0.6 is 0 Å². The van der Waals surface area contributed by atoms with Gasteiger partial charge in [-0.2, -0.15) is 14.5 Å². The lowest BCUT2D eigenvalue weighted by atomic mass is 10.0. The molecule has 0 unspecified atom stereocenters. The van der Waals surface area contributed by atoms with E-state index in [0.29, 0.717) is 24.5 Å². The largest absolute Gasteiger partial charge is 0.478 e. The molecule has 2 aromatic heterocycles. The molecule has 9 heteroatoms. The summed E-state index contributed by atoms with van der Waals surface area (Å²) in [4.78, 5) is 15.9. The standard InChI is InChI=1S/C19H24FN5O3/c1-11-3-2-6-27-18-9-13(8-16(20)23-18)22-17-10-15(24-25-17)12-4-5-14(7-12)28-19(26)21-11/h8-12,14H,2-7H2,1H3,(H,21,26)(H2,22,24,25)/t11-,12-,14+/m0/s1. The highest BCUT2D eigenvalue weighted by molar-refractivity contribution is 5.67. The maximum Gasteiger partial charge on any atom is 0.407 e. The molecule has 0 spiro atoms. The lowest BCUT2D eigenvalue weighted by Gasteiger charge is -2.17. The van der Waals surface area contributed by atoms with E-state index in [-0.39, 0.29) is 30.0 Å². The average Bonchev–Trinajstić information content (AvgIpc) is 3.27. The molecule has 2 aromatic rings. The predicted octanol–water partition coefficient (Wildman–Crippen LogP) is 3.61. The minimum Gasteiger partial charge on any atom is -0.478 e. The molecule has 2 aliphatic rings. The number of nitrogens with zero attached hydrogens (tertiary/aromatic N) is 2. The average molecular weight is 389 g/mol. The van der Waals surface area contributed by atoms with Crippen LogP contribution < -0.4 is 15.4 Å². The number of hydrogen-bond acceptors (Lipinski definition) is 6. The van der Waals surface area contributed by atoms with E-state index in [2.05, 4.69) is 25.8 Å². The monoisotopic (exact) mass is 389 g/mol. The molecule has 0 aromatic carbocycles. The number of carbonyl (C=O) groups excluding carboxylic acids is 1. The van der Waals surface area contributed by atoms with Gasteiger partial charge >= 0.3 is 6.09 Å². The fourth-order valence-electron chi connectivity index (χ4n) is 3.73. The van der Waals surface area contributed by atoms with E-state index in [9.17, 15) is 9.18 Å². The molecular weight excluding hydrogens is 365 g/mol. The van der Waals surface area contributed by atoms with Crippen molar-refractivity contribution in [3.8, 4) is 5.88 Å². The molecule has 28 heavy (non-hydrogen) atoms. The normalized spacial score (nSPS) is 25.5. The van der Waals surface area contributed by atoms with Crippen molar-refractivity contribution in [3.05, 3.63) is 29.8 Å². The molecule has 3 atom stereocenters. The Morgan fingerprint density at radius 2 is 2.11 bits per heavy atom. The number of carbonyl (C=O) groups is 1. The highest BCUT2D eigenvalue weighted by atomic mass is 19.1. The first-order chi connectivity index (χ1) is 13.5. The van der Waals surface area contributed by atoms with Gasteiger partial charge in [0, 0.05) is 41.5 Å². The van der Waals surface area contributed by atoms with Gasteiger partial charge in [-0.3, -0.25) is 5.10 Å². The van der Waals surface area contributed by atoms with Crippen LogP contribution in [0.1, 0.15) is 50.6 Å². The highest BCUT2D eigenvalue weighted by Crippen LogP contribution is 2.36. The van der Waals surface area contributed by atoms with Crippen molar-refractivity contribution in [3.63, 3.8) is 0 Å². The number of alkyl carbamates (subject to hydrolysis) is 1. The van der Waals surface area contributed by atoms with Crippen LogP contribution in [0.5, 0.6) is 5.88 Å². The smallest absolute Gasteiger partial charge is 0.407 e. The predicted molar refractivity (Wildman–Crippen MR) is 100 cm³/mol.